The van der Waals surface area contributed by atoms with Crippen molar-refractivity contribution in [2.24, 2.45) is 0 Å². The molecule has 0 amide bonds. The van der Waals surface area contributed by atoms with E-state index >= 15 is 0 Å². The Bertz CT molecular complexity index is 1580. The Kier molecular flexibility index (Phi) is 4.39. The summed E-state index contributed by atoms with van der Waals surface area (Å²) in [6.07, 6.45) is 10.4. The molecule has 0 unspecified atom stereocenters. The van der Waals surface area contributed by atoms with Crippen LogP contribution in [0.3, 0.4) is 0 Å². The first-order chi connectivity index (χ1) is 16.2. The second-order valence-electron chi connectivity index (χ2n) is 8.14. The van der Waals surface area contributed by atoms with Crippen molar-refractivity contribution in [2.75, 3.05) is 5.32 Å². The fourth-order valence-corrected chi connectivity index (χ4v) is 3.96. The number of hydrogen-bond acceptors (Lipinski definition) is 6. The molecule has 5 heterocycles. The van der Waals surface area contributed by atoms with E-state index < -0.39 is 0 Å². The van der Waals surface area contributed by atoms with Crippen LogP contribution in [0.15, 0.2) is 72.2 Å². The number of nitrogens with one attached hydrogen (secondary N) is 3. The molecule has 0 spiro atoms. The van der Waals surface area contributed by atoms with E-state index in [1.807, 2.05) is 24.5 Å². The lowest BCUT2D eigenvalue weighted by Crippen LogP contribution is -2.28. The number of nitrogens with zero attached hydrogens (tertiary/aromatic N) is 5. The third-order valence-corrected chi connectivity index (χ3v) is 5.41. The number of rotatable bonds is 5. The lowest BCUT2D eigenvalue weighted by atomic mass is 10.0. The maximum Gasteiger partial charge on any atom is 0.358 e. The van der Waals surface area contributed by atoms with E-state index in [2.05, 4.69) is 62.5 Å². The third-order valence-electron chi connectivity index (χ3n) is 5.41. The third kappa shape index (κ3) is 3.39. The van der Waals surface area contributed by atoms with Crippen LogP contribution >= 0.6 is 0 Å². The molecule has 5 aromatic heterocycles. The molecule has 0 aliphatic heterocycles. The van der Waals surface area contributed by atoms with Crippen molar-refractivity contribution in [3.8, 4) is 28.5 Å². The number of aromatic amines is 2. The molecule has 9 nitrogen and oxygen atoms in total. The maximum atomic E-state index is 5.20. The predicted octanol–water partition coefficient (Wildman–Crippen LogP) is 4.25. The summed E-state index contributed by atoms with van der Waals surface area (Å²) in [5, 5.41) is 12.0. The van der Waals surface area contributed by atoms with Gasteiger partial charge in [0.2, 0.25) is 0 Å². The SMILES string of the molecule is CC(C)Nc1cncc(-c2ccc3[nH]nc(-c4nc5c(-[n+]6ccoc6)nccc5[nH]4)c3c2)c1. The molecule has 6 rings (SSSR count). The highest BCUT2D eigenvalue weighted by atomic mass is 16.3. The van der Waals surface area contributed by atoms with Crippen molar-refractivity contribution < 1.29 is 8.98 Å². The highest BCUT2D eigenvalue weighted by Gasteiger charge is 2.20. The van der Waals surface area contributed by atoms with Gasteiger partial charge in [-0.05, 0) is 42.6 Å². The van der Waals surface area contributed by atoms with Gasteiger partial charge in [0.25, 0.3) is 6.39 Å². The number of pyridine rings is 2. The van der Waals surface area contributed by atoms with Crippen LogP contribution in [0.4, 0.5) is 5.69 Å². The number of benzene rings is 1. The highest BCUT2D eigenvalue weighted by molar-refractivity contribution is 5.96. The standard InChI is InChI=1S/C24H21N8O/c1-14(2)27-17-9-16(11-25-12-17)15-3-4-19-18(10-15)21(31-30-19)23-28-20-5-6-26-24(22(20)29-23)32-7-8-33-13-32/h3-14,27H,1-2H3,(H,28,29)(H,30,31)/q+1. The Labute approximate surface area is 188 Å². The van der Waals surface area contributed by atoms with Gasteiger partial charge in [-0.3, -0.25) is 10.1 Å². The predicted molar refractivity (Wildman–Crippen MR) is 125 cm³/mol. The summed E-state index contributed by atoms with van der Waals surface area (Å²) in [5.41, 5.74) is 6.36. The van der Waals surface area contributed by atoms with Crippen LogP contribution < -0.4 is 9.88 Å². The molecular weight excluding hydrogens is 416 g/mol. The molecule has 1 aromatic carbocycles. The smallest absolute Gasteiger partial charge is 0.358 e. The van der Waals surface area contributed by atoms with E-state index in [9.17, 15) is 0 Å². The summed E-state index contributed by atoms with van der Waals surface area (Å²) in [6.45, 7) is 4.21. The van der Waals surface area contributed by atoms with Crippen molar-refractivity contribution in [3.05, 3.63) is 67.8 Å². The molecule has 3 N–H and O–H groups in total. The summed E-state index contributed by atoms with van der Waals surface area (Å²) in [7, 11) is 0. The topological polar surface area (TPSA) is 112 Å². The summed E-state index contributed by atoms with van der Waals surface area (Å²) < 4.78 is 6.99. The van der Waals surface area contributed by atoms with Crippen molar-refractivity contribution in [2.45, 2.75) is 19.9 Å². The number of H-pyrrole nitrogens is 2. The Balaban J connectivity index is 1.45. The van der Waals surface area contributed by atoms with Crippen LogP contribution in [-0.2, 0) is 0 Å². The highest BCUT2D eigenvalue weighted by Crippen LogP contribution is 2.31. The van der Waals surface area contributed by atoms with Crippen LogP contribution in [0.1, 0.15) is 13.8 Å². The molecule has 0 bridgehead atoms. The minimum Gasteiger partial charge on any atom is -0.432 e. The molecule has 0 saturated heterocycles. The zero-order chi connectivity index (χ0) is 22.4. The zero-order valence-electron chi connectivity index (χ0n) is 18.1. The molecule has 0 aliphatic carbocycles. The van der Waals surface area contributed by atoms with Crippen LogP contribution in [0, 0.1) is 0 Å². The van der Waals surface area contributed by atoms with Crippen LogP contribution in [0.25, 0.3) is 50.4 Å². The van der Waals surface area contributed by atoms with Crippen molar-refractivity contribution in [3.63, 3.8) is 0 Å². The van der Waals surface area contributed by atoms with Gasteiger partial charge in [0, 0.05) is 35.5 Å². The second-order valence-corrected chi connectivity index (χ2v) is 8.14. The van der Waals surface area contributed by atoms with Gasteiger partial charge in [-0.1, -0.05) is 6.07 Å². The Hall–Kier alpha value is -4.53. The fourth-order valence-electron chi connectivity index (χ4n) is 3.96. The minimum atomic E-state index is 0.331. The van der Waals surface area contributed by atoms with Crippen molar-refractivity contribution in [1.29, 1.82) is 0 Å². The number of anilines is 1. The molecule has 0 fully saturated rings. The Morgan fingerprint density at radius 3 is 2.85 bits per heavy atom. The normalized spacial score (nSPS) is 11.6. The Morgan fingerprint density at radius 2 is 2.00 bits per heavy atom. The van der Waals surface area contributed by atoms with Crippen molar-refractivity contribution in [1.82, 2.24) is 30.1 Å². The van der Waals surface area contributed by atoms with E-state index in [-0.39, 0.29) is 0 Å². The number of aromatic nitrogens is 7. The first-order valence-electron chi connectivity index (χ1n) is 10.6. The second kappa shape index (κ2) is 7.56. The molecule has 162 valence electrons. The summed E-state index contributed by atoms with van der Waals surface area (Å²) in [5.74, 6) is 1.35. The largest absolute Gasteiger partial charge is 0.432 e. The quantitative estimate of drug-likeness (QED) is 0.348. The summed E-state index contributed by atoms with van der Waals surface area (Å²) in [4.78, 5) is 17.1. The van der Waals surface area contributed by atoms with Crippen LogP contribution in [0.2, 0.25) is 0 Å². The number of imidazole rings is 1. The first kappa shape index (κ1) is 19.2. The average molecular weight is 437 g/mol. The summed E-state index contributed by atoms with van der Waals surface area (Å²) in [6, 6.07) is 10.5. The van der Waals surface area contributed by atoms with Crippen LogP contribution in [-0.4, -0.2) is 36.2 Å². The van der Waals surface area contributed by atoms with Crippen LogP contribution in [0.5, 0.6) is 0 Å². The molecule has 0 saturated carbocycles. The van der Waals surface area contributed by atoms with Gasteiger partial charge >= 0.3 is 5.82 Å². The summed E-state index contributed by atoms with van der Waals surface area (Å²) >= 11 is 0. The minimum absolute atomic E-state index is 0.331. The fraction of sp³-hybridized carbons (Fsp3) is 0.125. The van der Waals surface area contributed by atoms with E-state index in [1.54, 1.807) is 29.6 Å². The van der Waals surface area contributed by atoms with Gasteiger partial charge in [-0.25, -0.2) is 4.98 Å². The van der Waals surface area contributed by atoms with E-state index in [4.69, 9.17) is 9.40 Å². The number of oxazole rings is 1. The molecule has 33 heavy (non-hydrogen) atoms. The lowest BCUT2D eigenvalue weighted by molar-refractivity contribution is -0.601. The van der Waals surface area contributed by atoms with Gasteiger partial charge in [-0.2, -0.15) is 9.67 Å². The monoisotopic (exact) mass is 437 g/mol. The van der Waals surface area contributed by atoms with E-state index in [0.29, 0.717) is 17.7 Å². The number of fused-ring (bicyclic) bond motifs is 2. The average Bonchev–Trinajstić information content (AvgIpc) is 3.57. The lowest BCUT2D eigenvalue weighted by Gasteiger charge is -2.11. The van der Waals surface area contributed by atoms with Gasteiger partial charge in [-0.15, -0.1) is 0 Å². The molecule has 0 aliphatic rings. The molecule has 0 radical (unpaired) electrons. The van der Waals surface area contributed by atoms with Gasteiger partial charge in [0.1, 0.15) is 24.4 Å². The molecular formula is C24H21N8O+. The first-order valence-corrected chi connectivity index (χ1v) is 10.6. The van der Waals surface area contributed by atoms with Crippen molar-refractivity contribution >= 4 is 27.6 Å². The maximum absolute atomic E-state index is 5.20. The zero-order valence-corrected chi connectivity index (χ0v) is 18.1. The van der Waals surface area contributed by atoms with Gasteiger partial charge in [0.15, 0.2) is 11.3 Å². The molecule has 0 atom stereocenters. The molecule has 6 aromatic rings. The molecule has 9 heteroatoms. The Morgan fingerprint density at radius 1 is 1.06 bits per heavy atom. The van der Waals surface area contributed by atoms with Gasteiger partial charge in [0.05, 0.1) is 16.7 Å². The van der Waals surface area contributed by atoms with E-state index in [0.717, 1.165) is 44.4 Å². The van der Waals surface area contributed by atoms with E-state index in [1.165, 1.54) is 0 Å². The number of hydrogen-bond donors (Lipinski definition) is 3. The van der Waals surface area contributed by atoms with Gasteiger partial charge < -0.3 is 14.7 Å².